The molecule has 0 aromatic carbocycles. The number of thiophene rings is 1. The molecule has 4 nitrogen and oxygen atoms in total. The van der Waals surface area contributed by atoms with E-state index >= 15 is 0 Å². The Morgan fingerprint density at radius 2 is 2.33 bits per heavy atom. The highest BCUT2D eigenvalue weighted by Crippen LogP contribution is 2.34. The molecule has 1 saturated carbocycles. The van der Waals surface area contributed by atoms with E-state index in [1.165, 1.54) is 11.3 Å². The number of aryl methyl sites for hydroxylation is 1. The van der Waals surface area contributed by atoms with E-state index in [0.29, 0.717) is 17.3 Å². The quantitative estimate of drug-likeness (QED) is 0.920. The van der Waals surface area contributed by atoms with Gasteiger partial charge >= 0.3 is 0 Å². The topological polar surface area (TPSA) is 53.4 Å². The molecule has 21 heavy (non-hydrogen) atoms. The number of carbonyl (C=O) groups is 1. The molecule has 6 heteroatoms. The normalized spacial score (nSPS) is 16.0. The number of thiazole rings is 1. The number of likely N-dealkylation sites (N-methyl/N-ethyl adjacent to an activating group) is 1. The molecule has 3 rings (SSSR count). The molecule has 1 aliphatic rings. The number of hydrogen-bond acceptors (Lipinski definition) is 5. The van der Waals surface area contributed by atoms with E-state index in [-0.39, 0.29) is 5.91 Å². The highest BCUT2D eigenvalue weighted by atomic mass is 32.1. The van der Waals surface area contributed by atoms with Crippen LogP contribution in [0.4, 0.5) is 0 Å². The summed E-state index contributed by atoms with van der Waals surface area (Å²) >= 11 is 3.06. The fourth-order valence-electron chi connectivity index (χ4n) is 2.27. The van der Waals surface area contributed by atoms with Crippen molar-refractivity contribution in [2.24, 2.45) is 5.92 Å². The van der Waals surface area contributed by atoms with Crippen LogP contribution >= 0.6 is 22.7 Å². The molecule has 0 bridgehead atoms. The highest BCUT2D eigenvalue weighted by Gasteiger charge is 2.31. The summed E-state index contributed by atoms with van der Waals surface area (Å²) in [4.78, 5) is 20.4. The maximum Gasteiger partial charge on any atom is 0.265 e. The molecule has 0 spiro atoms. The van der Waals surface area contributed by atoms with Gasteiger partial charge < -0.3 is 10.0 Å². The number of aliphatic hydroxyl groups excluding tert-OH is 1. The second-order valence-electron chi connectivity index (χ2n) is 5.50. The maximum atomic E-state index is 12.5. The third-order valence-corrected chi connectivity index (χ3v) is 5.88. The van der Waals surface area contributed by atoms with Gasteiger partial charge in [0.05, 0.1) is 16.7 Å². The molecule has 1 aliphatic carbocycles. The van der Waals surface area contributed by atoms with Gasteiger partial charge in [-0.05, 0) is 37.1 Å². The van der Waals surface area contributed by atoms with Crippen LogP contribution in [0.25, 0.3) is 9.88 Å². The summed E-state index contributed by atoms with van der Waals surface area (Å²) < 4.78 is 0. The largest absolute Gasteiger partial charge is 0.391 e. The van der Waals surface area contributed by atoms with Crippen LogP contribution in [0.2, 0.25) is 0 Å². The van der Waals surface area contributed by atoms with Crippen LogP contribution in [0.5, 0.6) is 0 Å². The van der Waals surface area contributed by atoms with E-state index in [1.807, 2.05) is 24.4 Å². The summed E-state index contributed by atoms with van der Waals surface area (Å²) in [7, 11) is 1.75. The molecule has 1 N–H and O–H groups in total. The number of carbonyl (C=O) groups excluding carboxylic acids is 1. The van der Waals surface area contributed by atoms with E-state index in [2.05, 4.69) is 4.98 Å². The molecule has 1 atom stereocenters. The standard InChI is InChI=1S/C15H18N2O2S2/c1-9-13(21-14(16-9)12-4-3-7-20-12)15(19)17(2)8-11(18)10-5-6-10/h3-4,7,10-11,18H,5-6,8H2,1-2H3. The van der Waals surface area contributed by atoms with Crippen molar-refractivity contribution in [3.63, 3.8) is 0 Å². The van der Waals surface area contributed by atoms with Gasteiger partial charge in [-0.2, -0.15) is 0 Å². The van der Waals surface area contributed by atoms with Crippen LogP contribution < -0.4 is 0 Å². The zero-order valence-corrected chi connectivity index (χ0v) is 13.7. The van der Waals surface area contributed by atoms with Gasteiger partial charge in [-0.3, -0.25) is 4.79 Å². The number of aliphatic hydroxyl groups is 1. The zero-order chi connectivity index (χ0) is 15.0. The van der Waals surface area contributed by atoms with Gasteiger partial charge in [0, 0.05) is 13.6 Å². The second-order valence-corrected chi connectivity index (χ2v) is 7.45. The lowest BCUT2D eigenvalue weighted by molar-refractivity contribution is 0.0649. The molecule has 0 radical (unpaired) electrons. The molecular formula is C15H18N2O2S2. The average molecular weight is 322 g/mol. The maximum absolute atomic E-state index is 12.5. The Morgan fingerprint density at radius 3 is 2.95 bits per heavy atom. The van der Waals surface area contributed by atoms with Gasteiger partial charge in [-0.15, -0.1) is 22.7 Å². The number of hydrogen-bond donors (Lipinski definition) is 1. The van der Waals surface area contributed by atoms with Crippen molar-refractivity contribution in [1.29, 1.82) is 0 Å². The van der Waals surface area contributed by atoms with Crippen LogP contribution in [0, 0.1) is 12.8 Å². The van der Waals surface area contributed by atoms with Gasteiger partial charge in [0.2, 0.25) is 0 Å². The summed E-state index contributed by atoms with van der Waals surface area (Å²) in [6.07, 6.45) is 1.75. The van der Waals surface area contributed by atoms with Crippen molar-refractivity contribution in [1.82, 2.24) is 9.88 Å². The molecule has 0 aliphatic heterocycles. The van der Waals surface area contributed by atoms with Gasteiger partial charge in [0.1, 0.15) is 9.88 Å². The SMILES string of the molecule is Cc1nc(-c2cccs2)sc1C(=O)N(C)CC(O)C1CC1. The first-order valence-corrected chi connectivity index (χ1v) is 8.70. The van der Waals surface area contributed by atoms with E-state index < -0.39 is 6.10 Å². The van der Waals surface area contributed by atoms with Crippen molar-refractivity contribution in [3.05, 3.63) is 28.1 Å². The van der Waals surface area contributed by atoms with Crippen LogP contribution in [-0.2, 0) is 0 Å². The van der Waals surface area contributed by atoms with E-state index in [1.54, 1.807) is 23.3 Å². The lowest BCUT2D eigenvalue weighted by Crippen LogP contribution is -2.35. The Morgan fingerprint density at radius 1 is 1.57 bits per heavy atom. The van der Waals surface area contributed by atoms with Crippen LogP contribution in [-0.4, -0.2) is 40.6 Å². The van der Waals surface area contributed by atoms with Gasteiger partial charge in [0.25, 0.3) is 5.91 Å². The number of aromatic nitrogens is 1. The van der Waals surface area contributed by atoms with Crippen molar-refractivity contribution < 1.29 is 9.90 Å². The predicted octanol–water partition coefficient (Wildman–Crippen LogP) is 3.02. The Hall–Kier alpha value is -1.24. The summed E-state index contributed by atoms with van der Waals surface area (Å²) in [6.45, 7) is 2.27. The number of rotatable bonds is 5. The third-order valence-electron chi connectivity index (χ3n) is 3.70. The monoisotopic (exact) mass is 322 g/mol. The lowest BCUT2D eigenvalue weighted by atomic mass is 10.2. The lowest BCUT2D eigenvalue weighted by Gasteiger charge is -2.20. The Bertz CT molecular complexity index is 632. The fourth-order valence-corrected chi connectivity index (χ4v) is 4.13. The zero-order valence-electron chi connectivity index (χ0n) is 12.1. The molecule has 1 unspecified atom stereocenters. The Kier molecular flexibility index (Phi) is 4.10. The molecule has 1 fully saturated rings. The smallest absolute Gasteiger partial charge is 0.265 e. The molecule has 0 saturated heterocycles. The summed E-state index contributed by atoms with van der Waals surface area (Å²) in [5.41, 5.74) is 0.765. The molecule has 2 heterocycles. The summed E-state index contributed by atoms with van der Waals surface area (Å²) in [5, 5.41) is 12.9. The minimum atomic E-state index is -0.399. The molecule has 2 aromatic rings. The fraction of sp³-hybridized carbons (Fsp3) is 0.467. The Balaban J connectivity index is 1.74. The first-order chi connectivity index (χ1) is 10.1. The first-order valence-electron chi connectivity index (χ1n) is 7.01. The second kappa shape index (κ2) is 5.87. The van der Waals surface area contributed by atoms with Crippen molar-refractivity contribution in [3.8, 4) is 9.88 Å². The molecule has 112 valence electrons. The molecule has 2 aromatic heterocycles. The summed E-state index contributed by atoms with van der Waals surface area (Å²) in [6, 6.07) is 3.99. The minimum Gasteiger partial charge on any atom is -0.391 e. The van der Waals surface area contributed by atoms with Gasteiger partial charge in [0.15, 0.2) is 0 Å². The third kappa shape index (κ3) is 3.17. The van der Waals surface area contributed by atoms with Crippen molar-refractivity contribution in [2.45, 2.75) is 25.9 Å². The summed E-state index contributed by atoms with van der Waals surface area (Å²) in [5.74, 6) is 0.331. The van der Waals surface area contributed by atoms with Crippen molar-refractivity contribution in [2.75, 3.05) is 13.6 Å². The minimum absolute atomic E-state index is 0.0486. The molecular weight excluding hydrogens is 304 g/mol. The highest BCUT2D eigenvalue weighted by molar-refractivity contribution is 7.22. The average Bonchev–Trinajstić information content (AvgIpc) is 3.03. The van der Waals surface area contributed by atoms with E-state index in [4.69, 9.17) is 0 Å². The van der Waals surface area contributed by atoms with Gasteiger partial charge in [-0.1, -0.05) is 6.07 Å². The van der Waals surface area contributed by atoms with Crippen LogP contribution in [0.1, 0.15) is 28.2 Å². The first kappa shape index (κ1) is 14.7. The van der Waals surface area contributed by atoms with Gasteiger partial charge in [-0.25, -0.2) is 4.98 Å². The Labute approximate surface area is 132 Å². The van der Waals surface area contributed by atoms with E-state index in [0.717, 1.165) is 28.4 Å². The molecule has 1 amide bonds. The number of nitrogens with zero attached hydrogens (tertiary/aromatic N) is 2. The van der Waals surface area contributed by atoms with E-state index in [9.17, 15) is 9.90 Å². The van der Waals surface area contributed by atoms with Crippen molar-refractivity contribution >= 4 is 28.6 Å². The van der Waals surface area contributed by atoms with Crippen LogP contribution in [0.15, 0.2) is 17.5 Å². The predicted molar refractivity (Wildman–Crippen MR) is 85.9 cm³/mol. The van der Waals surface area contributed by atoms with Crippen LogP contribution in [0.3, 0.4) is 0 Å². The number of amides is 1.